The molecule has 4 fully saturated rings. The third kappa shape index (κ3) is 3.59. The first kappa shape index (κ1) is 23.9. The fourth-order valence-electron chi connectivity index (χ4n) is 6.75. The summed E-state index contributed by atoms with van der Waals surface area (Å²) in [6.45, 7) is 10.1. The van der Waals surface area contributed by atoms with Crippen LogP contribution in [-0.4, -0.2) is 12.4 Å². The van der Waals surface area contributed by atoms with Crippen molar-refractivity contribution in [2.45, 2.75) is 86.0 Å². The minimum Gasteiger partial charge on any atom is -0.170 e. The molecule has 0 N–H and O–H groups in total. The number of rotatable bonds is 1. The molecule has 4 rings (SSSR count). The average molecular weight is 415 g/mol. The highest BCUT2D eigenvalue weighted by atomic mass is 19.4. The second-order valence-corrected chi connectivity index (χ2v) is 9.45. The van der Waals surface area contributed by atoms with Crippen molar-refractivity contribution in [2.24, 2.45) is 52.8 Å². The van der Waals surface area contributed by atoms with E-state index >= 15 is 0 Å². The van der Waals surface area contributed by atoms with E-state index in [9.17, 15) is 26.3 Å². The number of hydrogen-bond donors (Lipinski definition) is 0. The van der Waals surface area contributed by atoms with E-state index in [1.807, 2.05) is 13.8 Å². The van der Waals surface area contributed by atoms with Gasteiger partial charge in [-0.1, -0.05) is 34.6 Å². The van der Waals surface area contributed by atoms with Crippen LogP contribution in [-0.2, 0) is 0 Å². The monoisotopic (exact) mass is 414 g/mol. The summed E-state index contributed by atoms with van der Waals surface area (Å²) in [5.41, 5.74) is -3.58. The molecule has 28 heavy (non-hydrogen) atoms. The van der Waals surface area contributed by atoms with Crippen LogP contribution in [0.1, 0.15) is 73.6 Å². The molecule has 4 aliphatic carbocycles. The first-order chi connectivity index (χ1) is 12.8. The standard InChI is InChI=1S/C14H22.C6H8F6.C2H6/c1-7-8(2)12-6-11(7)13-9-3-4-10(5-9)14(12)13;1-3-4(2,5(7,8)9)6(10,11)12;1-2/h7-14H,3-6H2,1-2H3;3H2,1-2H3;1-2H3. The van der Waals surface area contributed by atoms with Gasteiger partial charge < -0.3 is 0 Å². The molecule has 4 bridgehead atoms. The summed E-state index contributed by atoms with van der Waals surface area (Å²) >= 11 is 0. The van der Waals surface area contributed by atoms with E-state index in [0.717, 1.165) is 30.6 Å². The van der Waals surface area contributed by atoms with Crippen molar-refractivity contribution in [2.75, 3.05) is 0 Å². The van der Waals surface area contributed by atoms with E-state index < -0.39 is 24.2 Å². The van der Waals surface area contributed by atoms with E-state index in [0.29, 0.717) is 0 Å². The van der Waals surface area contributed by atoms with E-state index in [1.165, 1.54) is 23.7 Å². The Balaban J connectivity index is 0.000000188. The summed E-state index contributed by atoms with van der Waals surface area (Å²) in [4.78, 5) is 0. The summed E-state index contributed by atoms with van der Waals surface area (Å²) in [6, 6.07) is 0. The normalized spacial score (nSPS) is 41.1. The molecular weight excluding hydrogens is 378 g/mol. The average Bonchev–Trinajstić information content (AvgIpc) is 3.35. The highest BCUT2D eigenvalue weighted by Crippen LogP contribution is 2.70. The Hall–Kier alpha value is -0.420. The summed E-state index contributed by atoms with van der Waals surface area (Å²) in [7, 11) is 0. The highest BCUT2D eigenvalue weighted by molar-refractivity contribution is 5.11. The van der Waals surface area contributed by atoms with Gasteiger partial charge in [0.2, 0.25) is 0 Å². The van der Waals surface area contributed by atoms with Crippen LogP contribution in [0.15, 0.2) is 0 Å². The molecule has 8 atom stereocenters. The minimum atomic E-state index is -5.24. The molecule has 0 aromatic rings. The second-order valence-electron chi connectivity index (χ2n) is 9.45. The number of alkyl halides is 6. The third-order valence-electron chi connectivity index (χ3n) is 8.72. The maximum absolute atomic E-state index is 11.9. The molecule has 6 heteroatoms. The van der Waals surface area contributed by atoms with Crippen LogP contribution in [0.2, 0.25) is 0 Å². The van der Waals surface area contributed by atoms with Crippen molar-refractivity contribution in [3.63, 3.8) is 0 Å². The summed E-state index contributed by atoms with van der Waals surface area (Å²) in [6.07, 6.45) is -5.04. The zero-order valence-electron chi connectivity index (χ0n) is 17.9. The van der Waals surface area contributed by atoms with Crippen LogP contribution in [0.4, 0.5) is 26.3 Å². The highest BCUT2D eigenvalue weighted by Gasteiger charge is 2.66. The van der Waals surface area contributed by atoms with Gasteiger partial charge in [-0.05, 0) is 86.4 Å². The molecule has 4 saturated carbocycles. The van der Waals surface area contributed by atoms with Gasteiger partial charge in [0.05, 0.1) is 0 Å². The Morgan fingerprint density at radius 1 is 0.714 bits per heavy atom. The van der Waals surface area contributed by atoms with Crippen LogP contribution >= 0.6 is 0 Å². The zero-order valence-corrected chi connectivity index (χ0v) is 17.9. The van der Waals surface area contributed by atoms with E-state index in [1.54, 1.807) is 25.7 Å². The fraction of sp³-hybridized carbons (Fsp3) is 1.00. The lowest BCUT2D eigenvalue weighted by atomic mass is 9.64. The molecule has 0 heterocycles. The van der Waals surface area contributed by atoms with Crippen molar-refractivity contribution < 1.29 is 26.3 Å². The van der Waals surface area contributed by atoms with Gasteiger partial charge in [0.1, 0.15) is 0 Å². The Morgan fingerprint density at radius 2 is 1.07 bits per heavy atom. The molecule has 0 saturated heterocycles. The Morgan fingerprint density at radius 3 is 1.32 bits per heavy atom. The molecule has 8 unspecified atom stereocenters. The number of halogens is 6. The largest absolute Gasteiger partial charge is 0.402 e. The fourth-order valence-corrected chi connectivity index (χ4v) is 6.75. The van der Waals surface area contributed by atoms with Crippen LogP contribution in [0.5, 0.6) is 0 Å². The molecule has 4 aliphatic rings. The molecule has 0 radical (unpaired) electrons. The number of fused-ring (bicyclic) bond motifs is 9. The second kappa shape index (κ2) is 8.02. The topological polar surface area (TPSA) is 0 Å². The third-order valence-corrected chi connectivity index (χ3v) is 8.72. The minimum absolute atomic E-state index is 0.160. The van der Waals surface area contributed by atoms with Gasteiger partial charge in [0.25, 0.3) is 0 Å². The van der Waals surface area contributed by atoms with E-state index in [4.69, 9.17) is 0 Å². The van der Waals surface area contributed by atoms with Gasteiger partial charge in [-0.3, -0.25) is 0 Å². The van der Waals surface area contributed by atoms with Gasteiger partial charge in [-0.2, -0.15) is 26.3 Å². The van der Waals surface area contributed by atoms with Crippen LogP contribution in [0.25, 0.3) is 0 Å². The lowest BCUT2D eigenvalue weighted by Crippen LogP contribution is -2.47. The van der Waals surface area contributed by atoms with Crippen LogP contribution < -0.4 is 0 Å². The van der Waals surface area contributed by atoms with Crippen molar-refractivity contribution in [3.8, 4) is 0 Å². The lowest BCUT2D eigenvalue weighted by Gasteiger charge is -2.41. The van der Waals surface area contributed by atoms with Crippen molar-refractivity contribution in [1.82, 2.24) is 0 Å². The molecule has 0 aliphatic heterocycles. The maximum Gasteiger partial charge on any atom is 0.402 e. The number of hydrogen-bond acceptors (Lipinski definition) is 0. The molecule has 0 amide bonds. The summed E-state index contributed by atoms with van der Waals surface area (Å²) < 4.78 is 71.3. The first-order valence-electron chi connectivity index (χ1n) is 11.0. The smallest absolute Gasteiger partial charge is 0.170 e. The molecule has 0 spiro atoms. The molecule has 0 aromatic carbocycles. The van der Waals surface area contributed by atoms with Gasteiger partial charge in [-0.15, -0.1) is 0 Å². The van der Waals surface area contributed by atoms with Gasteiger partial charge in [0.15, 0.2) is 5.41 Å². The quantitative estimate of drug-likeness (QED) is 0.300. The SMILES string of the molecule is CC.CC1C(C)C2CC1C1C3CCC(C3)C21.CCC(C)(C(F)(F)F)C(F)(F)F. The molecular formula is C22H36F6. The Bertz CT molecular complexity index is 482. The van der Waals surface area contributed by atoms with Gasteiger partial charge >= 0.3 is 12.4 Å². The van der Waals surface area contributed by atoms with E-state index in [-0.39, 0.29) is 6.92 Å². The molecule has 0 nitrogen and oxygen atoms in total. The van der Waals surface area contributed by atoms with Crippen molar-refractivity contribution >= 4 is 0 Å². The maximum atomic E-state index is 11.9. The lowest BCUT2D eigenvalue weighted by molar-refractivity contribution is -0.335. The zero-order chi connectivity index (χ0) is 21.7. The van der Waals surface area contributed by atoms with Crippen LogP contribution in [0.3, 0.4) is 0 Å². The molecule has 166 valence electrons. The van der Waals surface area contributed by atoms with Crippen LogP contribution in [0, 0.1) is 52.8 Å². The van der Waals surface area contributed by atoms with E-state index in [2.05, 4.69) is 13.8 Å². The summed E-state index contributed by atoms with van der Waals surface area (Å²) in [5, 5.41) is 0. The predicted molar refractivity (Wildman–Crippen MR) is 99.6 cm³/mol. The Kier molecular flexibility index (Phi) is 6.83. The molecule has 0 aromatic heterocycles. The first-order valence-corrected chi connectivity index (χ1v) is 11.0. The predicted octanol–water partition coefficient (Wildman–Crippen LogP) is 8.12. The Labute approximate surface area is 165 Å². The van der Waals surface area contributed by atoms with Gasteiger partial charge in [0, 0.05) is 0 Å². The van der Waals surface area contributed by atoms with Gasteiger partial charge in [-0.25, -0.2) is 0 Å². The van der Waals surface area contributed by atoms with Crippen molar-refractivity contribution in [1.29, 1.82) is 0 Å². The summed E-state index contributed by atoms with van der Waals surface area (Å²) in [5.74, 6) is 9.16. The van der Waals surface area contributed by atoms with Crippen molar-refractivity contribution in [3.05, 3.63) is 0 Å².